The third-order valence-corrected chi connectivity index (χ3v) is 6.10. The maximum absolute atomic E-state index is 13.7. The van der Waals surface area contributed by atoms with Gasteiger partial charge in [-0.2, -0.15) is 0 Å². The smallest absolute Gasteiger partial charge is 0.251 e. The number of fused-ring (bicyclic) bond motifs is 1. The zero-order valence-electron chi connectivity index (χ0n) is 16.2. The zero-order chi connectivity index (χ0) is 20.4. The van der Waals surface area contributed by atoms with E-state index in [0.717, 1.165) is 39.7 Å². The Balaban J connectivity index is 1.46. The summed E-state index contributed by atoms with van der Waals surface area (Å²) in [5.74, 6) is 1.69. The zero-order valence-corrected chi connectivity index (χ0v) is 17.0. The first-order valence-corrected chi connectivity index (χ1v) is 10.4. The summed E-state index contributed by atoms with van der Waals surface area (Å²) < 4.78 is 24.7. The summed E-state index contributed by atoms with van der Waals surface area (Å²) in [6.07, 6.45) is 0.759. The number of aryl methyl sites for hydroxylation is 2. The normalized spacial score (nSPS) is 15.6. The maximum Gasteiger partial charge on any atom is 0.251 e. The number of hydrogen-bond donors (Lipinski definition) is 1. The Morgan fingerprint density at radius 2 is 2.17 bits per heavy atom. The Morgan fingerprint density at radius 1 is 1.31 bits per heavy atom. The lowest BCUT2D eigenvalue weighted by Crippen LogP contribution is -2.30. The van der Waals surface area contributed by atoms with Gasteiger partial charge in [0, 0.05) is 16.2 Å². The van der Waals surface area contributed by atoms with Gasteiger partial charge >= 0.3 is 0 Å². The van der Waals surface area contributed by atoms with Crippen LogP contribution in [0.1, 0.15) is 45.4 Å². The van der Waals surface area contributed by atoms with Gasteiger partial charge in [0.05, 0.1) is 17.3 Å². The number of carbonyl (C=O) groups is 1. The third-order valence-electron chi connectivity index (χ3n) is 4.98. The van der Waals surface area contributed by atoms with E-state index in [9.17, 15) is 9.18 Å². The number of aromatic nitrogens is 1. The second kappa shape index (κ2) is 8.29. The predicted octanol–water partition coefficient (Wildman–Crippen LogP) is 4.98. The molecule has 1 aromatic heterocycles. The van der Waals surface area contributed by atoms with Crippen molar-refractivity contribution in [3.05, 3.63) is 76.4 Å². The predicted molar refractivity (Wildman–Crippen MR) is 109 cm³/mol. The van der Waals surface area contributed by atoms with Crippen LogP contribution in [0.2, 0.25) is 0 Å². The Labute approximate surface area is 172 Å². The van der Waals surface area contributed by atoms with Gasteiger partial charge in [0.2, 0.25) is 0 Å². The van der Waals surface area contributed by atoms with Crippen molar-refractivity contribution in [3.63, 3.8) is 0 Å². The number of carbonyl (C=O) groups excluding carboxylic acids is 1. The van der Waals surface area contributed by atoms with E-state index in [2.05, 4.69) is 10.5 Å². The molecule has 1 amide bonds. The van der Waals surface area contributed by atoms with Gasteiger partial charge in [0.25, 0.3) is 5.91 Å². The van der Waals surface area contributed by atoms with E-state index in [-0.39, 0.29) is 17.8 Å². The quantitative estimate of drug-likeness (QED) is 0.641. The molecule has 150 valence electrons. The van der Waals surface area contributed by atoms with Crippen LogP contribution in [0.25, 0.3) is 0 Å². The fraction of sp³-hybridized carbons (Fsp3) is 0.273. The molecule has 1 N–H and O–H groups in total. The number of hydrogen-bond acceptors (Lipinski definition) is 5. The van der Waals surface area contributed by atoms with Crippen molar-refractivity contribution in [2.45, 2.75) is 37.8 Å². The van der Waals surface area contributed by atoms with Gasteiger partial charge in [-0.3, -0.25) is 4.79 Å². The Hall–Kier alpha value is -2.80. The van der Waals surface area contributed by atoms with E-state index in [1.165, 1.54) is 12.1 Å². The topological polar surface area (TPSA) is 64.4 Å². The lowest BCUT2D eigenvalue weighted by Gasteiger charge is -2.26. The molecule has 1 aliphatic heterocycles. The average Bonchev–Trinajstić information content (AvgIpc) is 3.04. The molecular weight excluding hydrogens is 391 g/mol. The molecule has 0 saturated heterocycles. The minimum Gasteiger partial charge on any atom is -0.489 e. The van der Waals surface area contributed by atoms with Gasteiger partial charge in [0.1, 0.15) is 23.9 Å². The summed E-state index contributed by atoms with van der Waals surface area (Å²) in [5, 5.41) is 6.95. The number of ether oxygens (including phenoxy) is 1. The molecule has 4 rings (SSSR count). The molecule has 7 heteroatoms. The van der Waals surface area contributed by atoms with Crippen LogP contribution >= 0.6 is 11.8 Å². The van der Waals surface area contributed by atoms with Crippen molar-refractivity contribution in [2.75, 3.05) is 5.75 Å². The molecule has 2 heterocycles. The monoisotopic (exact) mass is 412 g/mol. The lowest BCUT2D eigenvalue weighted by molar-refractivity contribution is 0.0934. The fourth-order valence-corrected chi connectivity index (χ4v) is 4.45. The average molecular weight is 412 g/mol. The first-order valence-electron chi connectivity index (χ1n) is 9.39. The van der Waals surface area contributed by atoms with Gasteiger partial charge in [0.15, 0.2) is 0 Å². The van der Waals surface area contributed by atoms with E-state index >= 15 is 0 Å². The largest absolute Gasteiger partial charge is 0.489 e. The van der Waals surface area contributed by atoms with E-state index < -0.39 is 0 Å². The number of amides is 1. The Bertz CT molecular complexity index is 1030. The molecule has 0 saturated carbocycles. The molecular formula is C22H21FN2O3S. The van der Waals surface area contributed by atoms with Crippen LogP contribution in [0.5, 0.6) is 5.75 Å². The van der Waals surface area contributed by atoms with Crippen LogP contribution < -0.4 is 10.1 Å². The molecule has 0 fully saturated rings. The SMILES string of the molecule is Cc1noc(C)c1COc1cccc(C(=O)N[C@H]2CCSc3ccc(F)cc32)c1. The molecule has 1 aliphatic rings. The number of nitrogens with one attached hydrogen (secondary N) is 1. The Kier molecular flexibility index (Phi) is 5.58. The molecule has 0 radical (unpaired) electrons. The lowest BCUT2D eigenvalue weighted by atomic mass is 10.0. The first kappa shape index (κ1) is 19.5. The third kappa shape index (κ3) is 4.29. The molecule has 1 atom stereocenters. The van der Waals surface area contributed by atoms with Gasteiger partial charge in [-0.05, 0) is 62.2 Å². The van der Waals surface area contributed by atoms with Crippen LogP contribution in [0.3, 0.4) is 0 Å². The van der Waals surface area contributed by atoms with E-state index in [4.69, 9.17) is 9.26 Å². The number of thioether (sulfide) groups is 1. The summed E-state index contributed by atoms with van der Waals surface area (Å²) in [5.41, 5.74) is 3.02. The Morgan fingerprint density at radius 3 is 2.97 bits per heavy atom. The van der Waals surface area contributed by atoms with Crippen molar-refractivity contribution in [1.82, 2.24) is 10.5 Å². The fourth-order valence-electron chi connectivity index (χ4n) is 3.35. The number of benzene rings is 2. The van der Waals surface area contributed by atoms with E-state index in [0.29, 0.717) is 17.9 Å². The molecule has 3 aromatic rings. The summed E-state index contributed by atoms with van der Waals surface area (Å²) in [6.45, 7) is 4.02. The van der Waals surface area contributed by atoms with Crippen LogP contribution in [-0.4, -0.2) is 16.8 Å². The molecule has 5 nitrogen and oxygen atoms in total. The highest BCUT2D eigenvalue weighted by Crippen LogP contribution is 2.36. The molecule has 0 unspecified atom stereocenters. The van der Waals surface area contributed by atoms with E-state index in [1.807, 2.05) is 13.8 Å². The maximum atomic E-state index is 13.7. The second-order valence-electron chi connectivity index (χ2n) is 6.96. The van der Waals surface area contributed by atoms with Gasteiger partial charge in [-0.25, -0.2) is 4.39 Å². The van der Waals surface area contributed by atoms with Crippen LogP contribution in [0.4, 0.5) is 4.39 Å². The van der Waals surface area contributed by atoms with Crippen LogP contribution in [-0.2, 0) is 6.61 Å². The van der Waals surface area contributed by atoms with Crippen molar-refractivity contribution in [3.8, 4) is 5.75 Å². The summed E-state index contributed by atoms with van der Waals surface area (Å²) in [7, 11) is 0. The van der Waals surface area contributed by atoms with Crippen LogP contribution in [0.15, 0.2) is 51.9 Å². The highest BCUT2D eigenvalue weighted by Gasteiger charge is 2.23. The van der Waals surface area contributed by atoms with Gasteiger partial charge in [-0.1, -0.05) is 11.2 Å². The standard InChI is InChI=1S/C22H21FN2O3S/c1-13-19(14(2)28-25-13)12-27-17-5-3-4-15(10-17)22(26)24-20-8-9-29-21-7-6-16(23)11-18(20)21/h3-7,10-11,20H,8-9,12H2,1-2H3,(H,24,26)/t20-/m0/s1. The van der Waals surface area contributed by atoms with Gasteiger partial charge < -0.3 is 14.6 Å². The van der Waals surface area contributed by atoms with Crippen LogP contribution in [0, 0.1) is 19.7 Å². The minimum absolute atomic E-state index is 0.207. The second-order valence-corrected chi connectivity index (χ2v) is 8.10. The van der Waals surface area contributed by atoms with Crippen molar-refractivity contribution in [2.24, 2.45) is 0 Å². The molecule has 29 heavy (non-hydrogen) atoms. The minimum atomic E-state index is -0.291. The van der Waals surface area contributed by atoms with E-state index in [1.54, 1.807) is 42.1 Å². The number of halogens is 1. The highest BCUT2D eigenvalue weighted by atomic mass is 32.2. The summed E-state index contributed by atoms with van der Waals surface area (Å²) >= 11 is 1.68. The summed E-state index contributed by atoms with van der Waals surface area (Å²) in [4.78, 5) is 13.8. The molecule has 0 spiro atoms. The summed E-state index contributed by atoms with van der Waals surface area (Å²) in [6, 6.07) is 11.6. The molecule has 0 bridgehead atoms. The first-order chi connectivity index (χ1) is 14.0. The molecule has 0 aliphatic carbocycles. The molecule has 2 aromatic carbocycles. The van der Waals surface area contributed by atoms with Crippen molar-refractivity contribution >= 4 is 17.7 Å². The van der Waals surface area contributed by atoms with Gasteiger partial charge in [-0.15, -0.1) is 11.8 Å². The number of rotatable bonds is 5. The highest BCUT2D eigenvalue weighted by molar-refractivity contribution is 7.99. The van der Waals surface area contributed by atoms with Crippen molar-refractivity contribution < 1.29 is 18.4 Å². The number of nitrogens with zero attached hydrogens (tertiary/aromatic N) is 1. The van der Waals surface area contributed by atoms with Crippen molar-refractivity contribution in [1.29, 1.82) is 0 Å².